The van der Waals surface area contributed by atoms with Crippen LogP contribution in [0.1, 0.15) is 28.9 Å². The van der Waals surface area contributed by atoms with Crippen LogP contribution in [0.25, 0.3) is 0 Å². The molecule has 9 nitrogen and oxygen atoms in total. The van der Waals surface area contributed by atoms with Gasteiger partial charge < -0.3 is 14.6 Å². The van der Waals surface area contributed by atoms with E-state index in [1.54, 1.807) is 14.0 Å². The Labute approximate surface area is 163 Å². The number of nitrogens with zero attached hydrogens (tertiary/aromatic N) is 2. The molecule has 1 fully saturated rings. The molecule has 10 heteroatoms. The molecule has 0 atom stereocenters. The van der Waals surface area contributed by atoms with Crippen molar-refractivity contribution in [2.24, 2.45) is 13.0 Å². The number of carbonyl (C=O) groups is 1. The van der Waals surface area contributed by atoms with Gasteiger partial charge in [-0.1, -0.05) is 0 Å². The molecule has 3 rings (SSSR count). The maximum absolute atomic E-state index is 12.7. The lowest BCUT2D eigenvalue weighted by atomic mass is 10.0. The number of sulfonamides is 1. The minimum Gasteiger partial charge on any atom is -0.492 e. The molecule has 0 amide bonds. The minimum atomic E-state index is -3.97. The topological polar surface area (TPSA) is 120 Å². The largest absolute Gasteiger partial charge is 0.492 e. The fourth-order valence-electron chi connectivity index (χ4n) is 2.99. The van der Waals surface area contributed by atoms with Gasteiger partial charge in [-0.2, -0.15) is 5.10 Å². The first-order valence-electron chi connectivity index (χ1n) is 8.87. The molecule has 28 heavy (non-hydrogen) atoms. The quantitative estimate of drug-likeness (QED) is 0.718. The average Bonchev–Trinajstić information content (AvgIpc) is 2.96. The van der Waals surface area contributed by atoms with E-state index in [1.165, 1.54) is 23.0 Å². The summed E-state index contributed by atoms with van der Waals surface area (Å²) in [5.74, 6) is -0.818. The summed E-state index contributed by atoms with van der Waals surface area (Å²) in [4.78, 5) is 11.5. The Morgan fingerprint density at radius 2 is 2.11 bits per heavy atom. The molecule has 0 unspecified atom stereocenters. The van der Waals surface area contributed by atoms with Crippen LogP contribution < -0.4 is 9.46 Å². The molecular formula is C18H23N3O6S. The second-order valence-electron chi connectivity index (χ2n) is 6.74. The molecule has 2 N–H and O–H groups in total. The number of carboxylic acids is 1. The molecule has 1 aliphatic rings. The SMILES string of the molecule is Cc1nn(C)cc1NS(=O)(=O)c1ccc(OCC2CCOCC2)c(C(=O)O)c1. The molecule has 2 heterocycles. The van der Waals surface area contributed by atoms with Crippen LogP contribution in [0.15, 0.2) is 29.3 Å². The number of anilines is 1. The Balaban J connectivity index is 1.81. The van der Waals surface area contributed by atoms with Crippen molar-refractivity contribution in [3.63, 3.8) is 0 Å². The third kappa shape index (κ3) is 4.63. The average molecular weight is 409 g/mol. The highest BCUT2D eigenvalue weighted by Crippen LogP contribution is 2.26. The van der Waals surface area contributed by atoms with E-state index in [1.807, 2.05) is 0 Å². The van der Waals surface area contributed by atoms with Crippen molar-refractivity contribution in [3.8, 4) is 5.75 Å². The molecule has 2 aromatic rings. The molecule has 0 saturated carbocycles. The fourth-order valence-corrected chi connectivity index (χ4v) is 4.12. The van der Waals surface area contributed by atoms with Gasteiger partial charge in [0.05, 0.1) is 22.9 Å². The third-order valence-electron chi connectivity index (χ3n) is 4.56. The predicted molar refractivity (Wildman–Crippen MR) is 101 cm³/mol. The van der Waals surface area contributed by atoms with Gasteiger partial charge in [-0.05, 0) is 43.9 Å². The molecule has 1 aromatic heterocycles. The molecule has 0 spiro atoms. The van der Waals surface area contributed by atoms with Crippen molar-refractivity contribution in [1.82, 2.24) is 9.78 Å². The second kappa shape index (κ2) is 8.19. The lowest BCUT2D eigenvalue weighted by Gasteiger charge is -2.22. The molecule has 1 aromatic carbocycles. The van der Waals surface area contributed by atoms with E-state index in [2.05, 4.69) is 9.82 Å². The summed E-state index contributed by atoms with van der Waals surface area (Å²) in [5.41, 5.74) is 0.651. The van der Waals surface area contributed by atoms with Crippen molar-refractivity contribution in [2.45, 2.75) is 24.7 Å². The molecule has 0 radical (unpaired) electrons. The van der Waals surface area contributed by atoms with Crippen molar-refractivity contribution < 1.29 is 27.8 Å². The Morgan fingerprint density at radius 1 is 1.39 bits per heavy atom. The van der Waals surface area contributed by atoms with Crippen LogP contribution in [-0.2, 0) is 21.8 Å². The van der Waals surface area contributed by atoms with E-state index in [0.717, 1.165) is 18.9 Å². The summed E-state index contributed by atoms with van der Waals surface area (Å²) >= 11 is 0. The lowest BCUT2D eigenvalue weighted by Crippen LogP contribution is -2.22. The van der Waals surface area contributed by atoms with Crippen LogP contribution in [0.4, 0.5) is 5.69 Å². The number of aromatic nitrogens is 2. The Morgan fingerprint density at radius 3 is 2.71 bits per heavy atom. The zero-order valence-electron chi connectivity index (χ0n) is 15.7. The highest BCUT2D eigenvalue weighted by atomic mass is 32.2. The summed E-state index contributed by atoms with van der Waals surface area (Å²) in [6.45, 7) is 3.36. The van der Waals surface area contributed by atoms with Crippen LogP contribution in [0.3, 0.4) is 0 Å². The first-order chi connectivity index (χ1) is 13.3. The van der Waals surface area contributed by atoms with Crippen molar-refractivity contribution in [3.05, 3.63) is 35.7 Å². The zero-order chi connectivity index (χ0) is 20.3. The van der Waals surface area contributed by atoms with E-state index in [0.29, 0.717) is 31.2 Å². The Bertz CT molecular complexity index is 964. The summed E-state index contributed by atoms with van der Waals surface area (Å²) in [6.07, 6.45) is 3.24. The first-order valence-corrected chi connectivity index (χ1v) is 10.4. The normalized spacial score (nSPS) is 15.4. The number of hydrogen-bond acceptors (Lipinski definition) is 6. The summed E-state index contributed by atoms with van der Waals surface area (Å²) in [5, 5.41) is 13.6. The van der Waals surface area contributed by atoms with Gasteiger partial charge in [0.25, 0.3) is 10.0 Å². The predicted octanol–water partition coefficient (Wildman–Crippen LogP) is 2.03. The lowest BCUT2D eigenvalue weighted by molar-refractivity contribution is 0.0490. The monoisotopic (exact) mass is 409 g/mol. The number of aromatic carboxylic acids is 1. The maximum atomic E-state index is 12.7. The van der Waals surface area contributed by atoms with Gasteiger partial charge in [-0.3, -0.25) is 9.40 Å². The van der Waals surface area contributed by atoms with Crippen LogP contribution in [0.2, 0.25) is 0 Å². The molecule has 0 aliphatic carbocycles. The number of benzene rings is 1. The van der Waals surface area contributed by atoms with E-state index >= 15 is 0 Å². The van der Waals surface area contributed by atoms with Crippen molar-refractivity contribution >= 4 is 21.7 Å². The minimum absolute atomic E-state index is 0.149. The standard InChI is InChI=1S/C18H23N3O6S/c1-12-16(10-21(2)19-12)20-28(24,25)14-3-4-17(15(9-14)18(22)23)27-11-13-5-7-26-8-6-13/h3-4,9-10,13,20H,5-8,11H2,1-2H3,(H,22,23). The Hall–Kier alpha value is -2.59. The first kappa shape index (κ1) is 20.2. The van der Waals surface area contributed by atoms with E-state index < -0.39 is 16.0 Å². The number of carboxylic acid groups (broad SMARTS) is 1. The van der Waals surface area contributed by atoms with Gasteiger partial charge in [0.15, 0.2) is 0 Å². The van der Waals surface area contributed by atoms with Crippen molar-refractivity contribution in [2.75, 3.05) is 24.5 Å². The summed E-state index contributed by atoms with van der Waals surface area (Å²) in [6, 6.07) is 3.82. The smallest absolute Gasteiger partial charge is 0.339 e. The molecule has 0 bridgehead atoms. The number of ether oxygens (including phenoxy) is 2. The van der Waals surface area contributed by atoms with Crippen LogP contribution in [-0.4, -0.2) is 49.1 Å². The number of rotatable bonds is 7. The van der Waals surface area contributed by atoms with E-state index in [9.17, 15) is 18.3 Å². The highest BCUT2D eigenvalue weighted by Gasteiger charge is 2.22. The van der Waals surface area contributed by atoms with Crippen LogP contribution in [0, 0.1) is 12.8 Å². The van der Waals surface area contributed by atoms with E-state index in [4.69, 9.17) is 9.47 Å². The van der Waals surface area contributed by atoms with Gasteiger partial charge in [0, 0.05) is 26.5 Å². The van der Waals surface area contributed by atoms with Gasteiger partial charge >= 0.3 is 5.97 Å². The molecule has 152 valence electrons. The summed E-state index contributed by atoms with van der Waals surface area (Å²) in [7, 11) is -2.29. The molecule has 1 aliphatic heterocycles. The van der Waals surface area contributed by atoms with Crippen molar-refractivity contribution in [1.29, 1.82) is 0 Å². The maximum Gasteiger partial charge on any atom is 0.339 e. The van der Waals surface area contributed by atoms with Crippen LogP contribution >= 0.6 is 0 Å². The zero-order valence-corrected chi connectivity index (χ0v) is 16.5. The van der Waals surface area contributed by atoms with E-state index in [-0.39, 0.29) is 22.1 Å². The number of nitrogens with one attached hydrogen (secondary N) is 1. The highest BCUT2D eigenvalue weighted by molar-refractivity contribution is 7.92. The van der Waals surface area contributed by atoms with Crippen LogP contribution in [0.5, 0.6) is 5.75 Å². The number of hydrogen-bond donors (Lipinski definition) is 2. The van der Waals surface area contributed by atoms with Gasteiger partial charge in [-0.15, -0.1) is 0 Å². The molecule has 1 saturated heterocycles. The summed E-state index contributed by atoms with van der Waals surface area (Å²) < 4.78 is 40.2. The van der Waals surface area contributed by atoms with Gasteiger partial charge in [0.2, 0.25) is 0 Å². The third-order valence-corrected chi connectivity index (χ3v) is 5.93. The van der Waals surface area contributed by atoms with Gasteiger partial charge in [-0.25, -0.2) is 13.2 Å². The second-order valence-corrected chi connectivity index (χ2v) is 8.42. The van der Waals surface area contributed by atoms with Gasteiger partial charge in [0.1, 0.15) is 11.3 Å². The molecular weight excluding hydrogens is 386 g/mol. The number of aryl methyl sites for hydroxylation is 2. The Kier molecular flexibility index (Phi) is 5.90. The fraction of sp³-hybridized carbons (Fsp3) is 0.444.